The standard InChI is InChI=1S/C18H24N4O3/c1-23-14-6-7-15(17(11-14)24-2)16-12-20-22-18(21-16)19-9-8-13-5-3-4-10-25-13/h6-7,11-13H,3-5,8-10H2,1-2H3,(H,19,21,22)/t13-/m1/s1. The van der Waals surface area contributed by atoms with Crippen LogP contribution < -0.4 is 14.8 Å². The number of hydrogen-bond acceptors (Lipinski definition) is 7. The highest BCUT2D eigenvalue weighted by atomic mass is 16.5. The average molecular weight is 344 g/mol. The summed E-state index contributed by atoms with van der Waals surface area (Å²) in [5.74, 6) is 1.92. The van der Waals surface area contributed by atoms with Crippen molar-refractivity contribution < 1.29 is 14.2 Å². The quantitative estimate of drug-likeness (QED) is 0.827. The van der Waals surface area contributed by atoms with Crippen LogP contribution in [-0.4, -0.2) is 48.7 Å². The molecule has 1 saturated heterocycles. The van der Waals surface area contributed by atoms with Gasteiger partial charge in [-0.2, -0.15) is 5.10 Å². The summed E-state index contributed by atoms with van der Waals surface area (Å²) in [5, 5.41) is 11.3. The summed E-state index contributed by atoms with van der Waals surface area (Å²) >= 11 is 0. The molecule has 0 bridgehead atoms. The van der Waals surface area contributed by atoms with Crippen LogP contribution in [0.2, 0.25) is 0 Å². The van der Waals surface area contributed by atoms with Gasteiger partial charge < -0.3 is 19.5 Å². The fraction of sp³-hybridized carbons (Fsp3) is 0.500. The summed E-state index contributed by atoms with van der Waals surface area (Å²) in [7, 11) is 3.25. The van der Waals surface area contributed by atoms with E-state index in [1.165, 1.54) is 12.8 Å². The third kappa shape index (κ3) is 4.57. The highest BCUT2D eigenvalue weighted by molar-refractivity contribution is 5.68. The Bertz CT molecular complexity index is 690. The Morgan fingerprint density at radius 1 is 1.24 bits per heavy atom. The fourth-order valence-corrected chi connectivity index (χ4v) is 2.90. The van der Waals surface area contributed by atoms with Crippen LogP contribution in [0.3, 0.4) is 0 Å². The van der Waals surface area contributed by atoms with E-state index in [0.29, 0.717) is 23.5 Å². The lowest BCUT2D eigenvalue weighted by Crippen LogP contribution is -2.22. The van der Waals surface area contributed by atoms with Gasteiger partial charge in [-0.15, -0.1) is 5.10 Å². The second-order valence-corrected chi connectivity index (χ2v) is 5.94. The normalized spacial score (nSPS) is 17.1. The van der Waals surface area contributed by atoms with E-state index in [1.807, 2.05) is 18.2 Å². The van der Waals surface area contributed by atoms with E-state index in [9.17, 15) is 0 Å². The maximum Gasteiger partial charge on any atom is 0.243 e. The summed E-state index contributed by atoms with van der Waals surface area (Å²) in [5.41, 5.74) is 1.54. The Morgan fingerprint density at radius 3 is 2.92 bits per heavy atom. The van der Waals surface area contributed by atoms with Crippen molar-refractivity contribution in [3.8, 4) is 22.8 Å². The van der Waals surface area contributed by atoms with E-state index in [-0.39, 0.29) is 0 Å². The van der Waals surface area contributed by atoms with Crippen molar-refractivity contribution >= 4 is 5.95 Å². The molecule has 3 rings (SSSR count). The molecule has 0 spiro atoms. The molecule has 2 aromatic rings. The third-order valence-electron chi connectivity index (χ3n) is 4.27. The van der Waals surface area contributed by atoms with Crippen LogP contribution in [-0.2, 0) is 4.74 Å². The van der Waals surface area contributed by atoms with Crippen molar-refractivity contribution in [2.24, 2.45) is 0 Å². The molecule has 0 unspecified atom stereocenters. The van der Waals surface area contributed by atoms with Crippen LogP contribution in [0.5, 0.6) is 11.5 Å². The average Bonchev–Trinajstić information content (AvgIpc) is 2.68. The molecule has 0 saturated carbocycles. The first-order chi connectivity index (χ1) is 12.3. The van der Waals surface area contributed by atoms with Crippen LogP contribution in [0.15, 0.2) is 24.4 Å². The maximum absolute atomic E-state index is 5.74. The minimum atomic E-state index is 0.332. The van der Waals surface area contributed by atoms with Crippen LogP contribution in [0.4, 0.5) is 5.95 Å². The zero-order chi connectivity index (χ0) is 17.5. The van der Waals surface area contributed by atoms with Gasteiger partial charge in [0.25, 0.3) is 0 Å². The van der Waals surface area contributed by atoms with E-state index in [0.717, 1.165) is 37.3 Å². The number of rotatable bonds is 7. The van der Waals surface area contributed by atoms with Crippen molar-refractivity contribution in [3.63, 3.8) is 0 Å². The van der Waals surface area contributed by atoms with E-state index in [2.05, 4.69) is 20.5 Å². The highest BCUT2D eigenvalue weighted by Crippen LogP contribution is 2.32. The molecule has 25 heavy (non-hydrogen) atoms. The summed E-state index contributed by atoms with van der Waals surface area (Å²) in [6.45, 7) is 1.63. The molecule has 1 aromatic heterocycles. The summed E-state index contributed by atoms with van der Waals surface area (Å²) in [6, 6.07) is 5.60. The number of benzene rings is 1. The minimum absolute atomic E-state index is 0.332. The summed E-state index contributed by atoms with van der Waals surface area (Å²) < 4.78 is 16.4. The SMILES string of the molecule is COc1ccc(-c2cnnc(NCC[C@H]3CCCCO3)n2)c(OC)c1. The van der Waals surface area contributed by atoms with Gasteiger partial charge in [-0.05, 0) is 37.8 Å². The van der Waals surface area contributed by atoms with Crippen molar-refractivity contribution in [2.75, 3.05) is 32.7 Å². The van der Waals surface area contributed by atoms with Crippen LogP contribution in [0.1, 0.15) is 25.7 Å². The molecule has 1 atom stereocenters. The number of anilines is 1. The van der Waals surface area contributed by atoms with Crippen molar-refractivity contribution in [1.29, 1.82) is 0 Å². The van der Waals surface area contributed by atoms with E-state index in [1.54, 1.807) is 20.4 Å². The van der Waals surface area contributed by atoms with E-state index < -0.39 is 0 Å². The van der Waals surface area contributed by atoms with Crippen molar-refractivity contribution in [1.82, 2.24) is 15.2 Å². The van der Waals surface area contributed by atoms with Gasteiger partial charge in [0.05, 0.1) is 32.2 Å². The number of methoxy groups -OCH3 is 2. The first kappa shape index (κ1) is 17.4. The lowest BCUT2D eigenvalue weighted by Gasteiger charge is -2.22. The lowest BCUT2D eigenvalue weighted by molar-refractivity contribution is 0.0134. The molecule has 1 aliphatic rings. The number of nitrogens with zero attached hydrogens (tertiary/aromatic N) is 3. The van der Waals surface area contributed by atoms with E-state index in [4.69, 9.17) is 14.2 Å². The van der Waals surface area contributed by atoms with Gasteiger partial charge in [0.2, 0.25) is 5.95 Å². The van der Waals surface area contributed by atoms with Gasteiger partial charge in [-0.25, -0.2) is 4.98 Å². The number of nitrogens with one attached hydrogen (secondary N) is 1. The molecule has 1 aliphatic heterocycles. The molecule has 1 N–H and O–H groups in total. The predicted molar refractivity (Wildman–Crippen MR) is 95.1 cm³/mol. The topological polar surface area (TPSA) is 78.4 Å². The molecular formula is C18H24N4O3. The number of hydrogen-bond donors (Lipinski definition) is 1. The molecule has 2 heterocycles. The molecular weight excluding hydrogens is 320 g/mol. The first-order valence-electron chi connectivity index (χ1n) is 8.57. The fourth-order valence-electron chi connectivity index (χ4n) is 2.90. The van der Waals surface area contributed by atoms with Crippen LogP contribution in [0, 0.1) is 0 Å². The molecule has 0 radical (unpaired) electrons. The second kappa shape index (κ2) is 8.62. The number of aromatic nitrogens is 3. The van der Waals surface area contributed by atoms with Gasteiger partial charge in [-0.3, -0.25) is 0 Å². The molecule has 7 nitrogen and oxygen atoms in total. The second-order valence-electron chi connectivity index (χ2n) is 5.94. The van der Waals surface area contributed by atoms with E-state index >= 15 is 0 Å². The first-order valence-corrected chi connectivity index (χ1v) is 8.57. The van der Waals surface area contributed by atoms with Crippen LogP contribution >= 0.6 is 0 Å². The molecule has 0 amide bonds. The molecule has 7 heteroatoms. The highest BCUT2D eigenvalue weighted by Gasteiger charge is 2.14. The Morgan fingerprint density at radius 2 is 2.16 bits per heavy atom. The lowest BCUT2D eigenvalue weighted by atomic mass is 10.1. The van der Waals surface area contributed by atoms with Gasteiger partial charge >= 0.3 is 0 Å². The van der Waals surface area contributed by atoms with Gasteiger partial charge in [-0.1, -0.05) is 0 Å². The maximum atomic E-state index is 5.74. The largest absolute Gasteiger partial charge is 0.497 e. The zero-order valence-corrected chi connectivity index (χ0v) is 14.7. The van der Waals surface area contributed by atoms with Crippen molar-refractivity contribution in [2.45, 2.75) is 31.8 Å². The molecule has 134 valence electrons. The van der Waals surface area contributed by atoms with Gasteiger partial charge in [0.1, 0.15) is 11.5 Å². The summed E-state index contributed by atoms with van der Waals surface area (Å²) in [6.07, 6.45) is 6.44. The minimum Gasteiger partial charge on any atom is -0.497 e. The Balaban J connectivity index is 1.66. The van der Waals surface area contributed by atoms with Crippen LogP contribution in [0.25, 0.3) is 11.3 Å². The third-order valence-corrected chi connectivity index (χ3v) is 4.27. The summed E-state index contributed by atoms with van der Waals surface area (Å²) in [4.78, 5) is 4.54. The Kier molecular flexibility index (Phi) is 6.00. The molecule has 1 aromatic carbocycles. The Hall–Kier alpha value is -2.41. The zero-order valence-electron chi connectivity index (χ0n) is 14.7. The molecule has 0 aliphatic carbocycles. The number of ether oxygens (including phenoxy) is 3. The van der Waals surface area contributed by atoms with Gasteiger partial charge in [0, 0.05) is 24.8 Å². The smallest absolute Gasteiger partial charge is 0.243 e. The monoisotopic (exact) mass is 344 g/mol. The molecule has 1 fully saturated rings. The van der Waals surface area contributed by atoms with Crippen molar-refractivity contribution in [3.05, 3.63) is 24.4 Å². The Labute approximate surface area is 147 Å². The predicted octanol–water partition coefficient (Wildman–Crippen LogP) is 2.93. The van der Waals surface area contributed by atoms with Gasteiger partial charge in [0.15, 0.2) is 0 Å².